The van der Waals surface area contributed by atoms with Gasteiger partial charge >= 0.3 is 6.98 Å². The molecule has 0 heterocycles. The minimum absolute atomic E-state index is 0.328. The summed E-state index contributed by atoms with van der Waals surface area (Å²) in [5.41, 5.74) is -1.09. The molecule has 0 amide bonds. The van der Waals surface area contributed by atoms with Crippen LogP contribution < -0.4 is 5.46 Å². The van der Waals surface area contributed by atoms with Crippen LogP contribution >= 0.6 is 23.2 Å². The van der Waals surface area contributed by atoms with E-state index >= 15 is 0 Å². The Balaban J connectivity index is 3.29. The smallest absolute Gasteiger partial charge is 0.445 e. The van der Waals surface area contributed by atoms with Crippen LogP contribution in [0.3, 0.4) is 0 Å². The molecule has 0 bridgehead atoms. The van der Waals surface area contributed by atoms with E-state index in [9.17, 15) is 17.3 Å². The average Bonchev–Trinajstić information content (AvgIpc) is 1.97. The second-order valence-corrected chi connectivity index (χ2v) is 3.16. The van der Waals surface area contributed by atoms with Gasteiger partial charge in [-0.15, -0.1) is 5.46 Å². The molecule has 1 aromatic rings. The molecule has 0 spiro atoms. The second-order valence-electron chi connectivity index (χ2n) is 2.37. The number of benzene rings is 1. The van der Waals surface area contributed by atoms with Crippen molar-refractivity contribution in [1.29, 1.82) is 0 Å². The lowest BCUT2D eigenvalue weighted by molar-refractivity contribution is 0.500. The predicted molar refractivity (Wildman–Crippen MR) is 45.1 cm³/mol. The third-order valence-corrected chi connectivity index (χ3v) is 2.16. The Morgan fingerprint density at radius 2 is 1.62 bits per heavy atom. The van der Waals surface area contributed by atoms with E-state index in [1.165, 1.54) is 0 Å². The van der Waals surface area contributed by atoms with Crippen LogP contribution in [0.5, 0.6) is 0 Å². The van der Waals surface area contributed by atoms with Crippen molar-refractivity contribution in [2.24, 2.45) is 0 Å². The van der Waals surface area contributed by atoms with Gasteiger partial charge in [0.15, 0.2) is 0 Å². The fraction of sp³-hybridized carbons (Fsp3) is 0. The van der Waals surface area contributed by atoms with Crippen LogP contribution in [0.2, 0.25) is 10.0 Å². The summed E-state index contributed by atoms with van der Waals surface area (Å²) in [6.07, 6.45) is 0. The molecule has 1 rings (SSSR count). The summed E-state index contributed by atoms with van der Waals surface area (Å²) in [5.74, 6) is -1.16. The molecule has 0 fully saturated rings. The first-order valence-electron chi connectivity index (χ1n) is 3.16. The number of halogens is 6. The maximum absolute atomic E-state index is 12.7. The van der Waals surface area contributed by atoms with Crippen molar-refractivity contribution in [3.8, 4) is 0 Å². The van der Waals surface area contributed by atoms with Crippen molar-refractivity contribution in [2.75, 3.05) is 0 Å². The SMILES string of the molecule is Fc1cc([B-](F)(F)F)cc(Cl)c1Cl. The van der Waals surface area contributed by atoms with E-state index in [-0.39, 0.29) is 0 Å². The zero-order valence-electron chi connectivity index (χ0n) is 6.00. The van der Waals surface area contributed by atoms with E-state index in [0.29, 0.717) is 12.1 Å². The maximum atomic E-state index is 12.7. The highest BCUT2D eigenvalue weighted by atomic mass is 35.5. The molecular formula is C6H2BCl2F4-. The monoisotopic (exact) mass is 231 g/mol. The molecule has 0 aliphatic heterocycles. The zero-order chi connectivity index (χ0) is 10.2. The Morgan fingerprint density at radius 1 is 1.08 bits per heavy atom. The minimum Gasteiger partial charge on any atom is -0.445 e. The molecule has 0 saturated heterocycles. The topological polar surface area (TPSA) is 0 Å². The third-order valence-electron chi connectivity index (χ3n) is 1.38. The second kappa shape index (κ2) is 3.38. The number of hydrogen-bond acceptors (Lipinski definition) is 0. The van der Waals surface area contributed by atoms with Crippen molar-refractivity contribution in [3.05, 3.63) is 28.0 Å². The van der Waals surface area contributed by atoms with Crippen LogP contribution in [0.25, 0.3) is 0 Å². The predicted octanol–water partition coefficient (Wildman–Crippen LogP) is 3.19. The lowest BCUT2D eigenvalue weighted by atomic mass is 9.80. The first kappa shape index (κ1) is 10.7. The van der Waals surface area contributed by atoms with Crippen LogP contribution in [0.15, 0.2) is 12.1 Å². The van der Waals surface area contributed by atoms with Crippen LogP contribution in [-0.2, 0) is 0 Å². The highest BCUT2D eigenvalue weighted by Gasteiger charge is 2.27. The zero-order valence-corrected chi connectivity index (χ0v) is 7.51. The van der Waals surface area contributed by atoms with Gasteiger partial charge in [-0.25, -0.2) is 4.39 Å². The van der Waals surface area contributed by atoms with Gasteiger partial charge in [-0.05, 0) is 0 Å². The Hall–Kier alpha value is -0.415. The summed E-state index contributed by atoms with van der Waals surface area (Å²) < 4.78 is 48.9. The third kappa shape index (κ3) is 2.28. The average molecular weight is 232 g/mol. The molecule has 7 heteroatoms. The van der Waals surface area contributed by atoms with Crippen molar-refractivity contribution in [2.45, 2.75) is 0 Å². The van der Waals surface area contributed by atoms with Crippen molar-refractivity contribution in [1.82, 2.24) is 0 Å². The molecule has 0 aliphatic rings. The fourth-order valence-electron chi connectivity index (χ4n) is 0.764. The summed E-state index contributed by atoms with van der Waals surface area (Å²) in [7, 11) is 0. The lowest BCUT2D eigenvalue weighted by Gasteiger charge is -2.15. The number of hydrogen-bond donors (Lipinski definition) is 0. The Labute approximate surface area is 81.5 Å². The van der Waals surface area contributed by atoms with Gasteiger partial charge in [0.2, 0.25) is 0 Å². The lowest BCUT2D eigenvalue weighted by Crippen LogP contribution is -2.34. The van der Waals surface area contributed by atoms with Crippen LogP contribution in [0.1, 0.15) is 0 Å². The molecule has 0 nitrogen and oxygen atoms in total. The van der Waals surface area contributed by atoms with Crippen molar-refractivity contribution < 1.29 is 17.3 Å². The molecule has 0 saturated carbocycles. The van der Waals surface area contributed by atoms with Crippen LogP contribution in [-0.4, -0.2) is 6.98 Å². The quantitative estimate of drug-likeness (QED) is 0.396. The van der Waals surface area contributed by atoms with Gasteiger partial charge in [-0.2, -0.15) is 0 Å². The first-order valence-corrected chi connectivity index (χ1v) is 3.92. The van der Waals surface area contributed by atoms with E-state index in [4.69, 9.17) is 23.2 Å². The largest absolute Gasteiger partial charge is 0.509 e. The molecule has 1 aromatic carbocycles. The number of rotatable bonds is 1. The minimum atomic E-state index is -5.24. The summed E-state index contributed by atoms with van der Waals surface area (Å²) in [6.45, 7) is -5.24. The summed E-state index contributed by atoms with van der Waals surface area (Å²) >= 11 is 10.5. The fourth-order valence-corrected chi connectivity index (χ4v) is 1.09. The first-order chi connectivity index (χ1) is 5.82. The van der Waals surface area contributed by atoms with E-state index in [0.717, 1.165) is 0 Å². The highest BCUT2D eigenvalue weighted by molar-refractivity contribution is 6.73. The summed E-state index contributed by atoms with van der Waals surface area (Å²) in [4.78, 5) is 0. The summed E-state index contributed by atoms with van der Waals surface area (Å²) in [6, 6.07) is 0.932. The Kier molecular flexibility index (Phi) is 2.78. The molecule has 0 aromatic heterocycles. The Morgan fingerprint density at radius 3 is 2.00 bits per heavy atom. The van der Waals surface area contributed by atoms with E-state index in [2.05, 4.69) is 0 Å². The molecule has 72 valence electrons. The molecule has 0 unspecified atom stereocenters. The van der Waals surface area contributed by atoms with E-state index in [1.54, 1.807) is 0 Å². The van der Waals surface area contributed by atoms with Gasteiger partial charge in [-0.3, -0.25) is 0 Å². The van der Waals surface area contributed by atoms with Gasteiger partial charge < -0.3 is 12.9 Å². The Bertz CT molecular complexity index is 313. The molecule has 13 heavy (non-hydrogen) atoms. The normalized spacial score (nSPS) is 11.8. The van der Waals surface area contributed by atoms with Gasteiger partial charge in [-0.1, -0.05) is 35.3 Å². The van der Waals surface area contributed by atoms with Gasteiger partial charge in [0, 0.05) is 0 Å². The van der Waals surface area contributed by atoms with E-state index < -0.39 is 28.3 Å². The molecule has 0 radical (unpaired) electrons. The molecular weight excluding hydrogens is 230 g/mol. The van der Waals surface area contributed by atoms with Gasteiger partial charge in [0.05, 0.1) is 10.0 Å². The maximum Gasteiger partial charge on any atom is 0.509 e. The van der Waals surface area contributed by atoms with E-state index in [1.807, 2.05) is 0 Å². The molecule has 0 atom stereocenters. The van der Waals surface area contributed by atoms with Crippen LogP contribution in [0, 0.1) is 5.82 Å². The highest BCUT2D eigenvalue weighted by Crippen LogP contribution is 2.25. The van der Waals surface area contributed by atoms with Gasteiger partial charge in [0.25, 0.3) is 0 Å². The van der Waals surface area contributed by atoms with Gasteiger partial charge in [0.1, 0.15) is 5.82 Å². The standard InChI is InChI=1S/C6H2BCl2F4/c8-4-1-3(7(11,12)13)2-5(10)6(4)9/h1-2H/q-1. The molecule has 0 aliphatic carbocycles. The molecule has 0 N–H and O–H groups in total. The van der Waals surface area contributed by atoms with Crippen molar-refractivity contribution >= 4 is 35.6 Å². The van der Waals surface area contributed by atoms with Crippen molar-refractivity contribution in [3.63, 3.8) is 0 Å². The van der Waals surface area contributed by atoms with Crippen LogP contribution in [0.4, 0.5) is 17.3 Å². The summed E-state index contributed by atoms with van der Waals surface area (Å²) in [5, 5.41) is -0.929.